The van der Waals surface area contributed by atoms with E-state index >= 15 is 0 Å². The maximum Gasteiger partial charge on any atom is 0.145 e. The van der Waals surface area contributed by atoms with Crippen molar-refractivity contribution in [1.29, 1.82) is 0 Å². The molecule has 3 aromatic carbocycles. The summed E-state index contributed by atoms with van der Waals surface area (Å²) in [6.07, 6.45) is 0. The molecule has 3 aromatic rings. The molecule has 4 heteroatoms. The number of ether oxygens (including phenoxy) is 1. The SMILES string of the molecule is CCOC(c1ccccc1)(c1ccccc1)c1ccc(N)c(N)c1N. The Labute approximate surface area is 148 Å². The zero-order valence-corrected chi connectivity index (χ0v) is 14.3. The second-order valence-corrected chi connectivity index (χ2v) is 5.88. The third-order valence-corrected chi connectivity index (χ3v) is 4.42. The Balaban J connectivity index is 2.38. The molecule has 0 saturated heterocycles. The predicted molar refractivity (Wildman–Crippen MR) is 104 cm³/mol. The lowest BCUT2D eigenvalue weighted by atomic mass is 9.79. The van der Waals surface area contributed by atoms with Crippen LogP contribution in [0.25, 0.3) is 0 Å². The van der Waals surface area contributed by atoms with Crippen LogP contribution in [0.3, 0.4) is 0 Å². The molecule has 25 heavy (non-hydrogen) atoms. The van der Waals surface area contributed by atoms with Gasteiger partial charge in [-0.15, -0.1) is 0 Å². The summed E-state index contributed by atoms with van der Waals surface area (Å²) in [4.78, 5) is 0. The lowest BCUT2D eigenvalue weighted by molar-refractivity contribution is 0.0222. The molecule has 4 nitrogen and oxygen atoms in total. The van der Waals surface area contributed by atoms with E-state index in [9.17, 15) is 0 Å². The van der Waals surface area contributed by atoms with E-state index in [0.29, 0.717) is 23.7 Å². The quantitative estimate of drug-likeness (QED) is 0.490. The summed E-state index contributed by atoms with van der Waals surface area (Å²) in [5.41, 5.74) is 21.7. The lowest BCUT2D eigenvalue weighted by Gasteiger charge is -2.36. The molecule has 0 bridgehead atoms. The number of nitrogens with two attached hydrogens (primary N) is 3. The largest absolute Gasteiger partial charge is 0.397 e. The van der Waals surface area contributed by atoms with Crippen molar-refractivity contribution in [2.45, 2.75) is 12.5 Å². The van der Waals surface area contributed by atoms with Crippen LogP contribution in [-0.4, -0.2) is 6.61 Å². The van der Waals surface area contributed by atoms with Crippen LogP contribution in [0.5, 0.6) is 0 Å². The fourth-order valence-electron chi connectivity index (χ4n) is 3.24. The van der Waals surface area contributed by atoms with E-state index in [2.05, 4.69) is 0 Å². The second kappa shape index (κ2) is 6.87. The van der Waals surface area contributed by atoms with E-state index in [-0.39, 0.29) is 0 Å². The number of anilines is 3. The van der Waals surface area contributed by atoms with Gasteiger partial charge in [-0.05, 0) is 24.1 Å². The van der Waals surface area contributed by atoms with Gasteiger partial charge in [-0.3, -0.25) is 0 Å². The number of nitrogen functional groups attached to an aromatic ring is 3. The Bertz CT molecular complexity index is 808. The first-order chi connectivity index (χ1) is 12.1. The highest BCUT2D eigenvalue weighted by molar-refractivity contribution is 5.81. The predicted octanol–water partition coefficient (Wildman–Crippen LogP) is 3.76. The molecule has 0 saturated carbocycles. The van der Waals surface area contributed by atoms with Crippen molar-refractivity contribution >= 4 is 17.1 Å². The Kier molecular flexibility index (Phi) is 4.63. The Morgan fingerprint density at radius 3 is 1.72 bits per heavy atom. The van der Waals surface area contributed by atoms with Gasteiger partial charge in [0, 0.05) is 12.2 Å². The molecule has 3 rings (SSSR count). The number of benzene rings is 3. The normalized spacial score (nSPS) is 11.4. The summed E-state index contributed by atoms with van der Waals surface area (Å²) in [7, 11) is 0. The number of hydrogen-bond donors (Lipinski definition) is 3. The van der Waals surface area contributed by atoms with Gasteiger partial charge in [-0.2, -0.15) is 0 Å². The summed E-state index contributed by atoms with van der Waals surface area (Å²) in [6, 6.07) is 23.7. The molecule has 128 valence electrons. The zero-order valence-electron chi connectivity index (χ0n) is 14.3. The van der Waals surface area contributed by atoms with Gasteiger partial charge in [0.15, 0.2) is 0 Å². The molecule has 0 aliphatic carbocycles. The van der Waals surface area contributed by atoms with Gasteiger partial charge in [-0.1, -0.05) is 66.7 Å². The second-order valence-electron chi connectivity index (χ2n) is 5.88. The smallest absolute Gasteiger partial charge is 0.145 e. The van der Waals surface area contributed by atoms with Crippen molar-refractivity contribution in [3.05, 3.63) is 89.5 Å². The molecule has 0 atom stereocenters. The zero-order chi connectivity index (χ0) is 17.9. The van der Waals surface area contributed by atoms with Crippen molar-refractivity contribution in [3.63, 3.8) is 0 Å². The van der Waals surface area contributed by atoms with Crippen molar-refractivity contribution < 1.29 is 4.74 Å². The Morgan fingerprint density at radius 2 is 1.24 bits per heavy atom. The summed E-state index contributed by atoms with van der Waals surface area (Å²) >= 11 is 0. The molecule has 0 aliphatic rings. The van der Waals surface area contributed by atoms with Crippen molar-refractivity contribution in [2.24, 2.45) is 0 Å². The number of rotatable bonds is 5. The monoisotopic (exact) mass is 333 g/mol. The standard InChI is InChI=1S/C21H23N3O/c1-2-25-21(15-9-5-3-6-10-15,16-11-7-4-8-12-16)17-13-14-18(22)20(24)19(17)23/h3-14H,2,22-24H2,1H3. The lowest BCUT2D eigenvalue weighted by Crippen LogP contribution is -2.34. The highest BCUT2D eigenvalue weighted by atomic mass is 16.5. The minimum atomic E-state index is -0.858. The molecule has 0 aliphatic heterocycles. The van der Waals surface area contributed by atoms with E-state index in [1.54, 1.807) is 6.07 Å². The first kappa shape index (κ1) is 16.9. The molecular weight excluding hydrogens is 310 g/mol. The molecule has 0 unspecified atom stereocenters. The third kappa shape index (κ3) is 2.81. The highest BCUT2D eigenvalue weighted by Gasteiger charge is 2.39. The Hall–Kier alpha value is -2.98. The molecule has 0 spiro atoms. The topological polar surface area (TPSA) is 87.3 Å². The van der Waals surface area contributed by atoms with E-state index in [1.807, 2.05) is 73.7 Å². The van der Waals surface area contributed by atoms with Gasteiger partial charge in [0.2, 0.25) is 0 Å². The van der Waals surface area contributed by atoms with Crippen LogP contribution in [0, 0.1) is 0 Å². The molecule has 6 N–H and O–H groups in total. The van der Waals surface area contributed by atoms with Crippen LogP contribution in [-0.2, 0) is 10.3 Å². The summed E-state index contributed by atoms with van der Waals surface area (Å²) in [5, 5.41) is 0. The van der Waals surface area contributed by atoms with E-state index < -0.39 is 5.60 Å². The fourth-order valence-corrected chi connectivity index (χ4v) is 3.24. The minimum absolute atomic E-state index is 0.383. The van der Waals surface area contributed by atoms with Crippen LogP contribution in [0.2, 0.25) is 0 Å². The maximum absolute atomic E-state index is 6.39. The van der Waals surface area contributed by atoms with E-state index in [1.165, 1.54) is 0 Å². The molecule has 0 heterocycles. The first-order valence-electron chi connectivity index (χ1n) is 8.30. The molecule has 0 radical (unpaired) electrons. The van der Waals surface area contributed by atoms with Gasteiger partial charge in [0.05, 0.1) is 17.1 Å². The van der Waals surface area contributed by atoms with Crippen LogP contribution in [0.1, 0.15) is 23.6 Å². The number of hydrogen-bond acceptors (Lipinski definition) is 4. The van der Waals surface area contributed by atoms with Gasteiger partial charge in [-0.25, -0.2) is 0 Å². The van der Waals surface area contributed by atoms with Crippen LogP contribution >= 0.6 is 0 Å². The van der Waals surface area contributed by atoms with Gasteiger partial charge >= 0.3 is 0 Å². The maximum atomic E-state index is 6.39. The van der Waals surface area contributed by atoms with Crippen LogP contribution in [0.15, 0.2) is 72.8 Å². The molecule has 0 amide bonds. The van der Waals surface area contributed by atoms with Gasteiger partial charge in [0.25, 0.3) is 0 Å². The van der Waals surface area contributed by atoms with Crippen molar-refractivity contribution in [1.82, 2.24) is 0 Å². The summed E-state index contributed by atoms with van der Waals surface area (Å²) in [5.74, 6) is 0. The van der Waals surface area contributed by atoms with Crippen LogP contribution in [0.4, 0.5) is 17.1 Å². The van der Waals surface area contributed by atoms with E-state index in [0.717, 1.165) is 16.7 Å². The van der Waals surface area contributed by atoms with Crippen molar-refractivity contribution in [2.75, 3.05) is 23.8 Å². The van der Waals surface area contributed by atoms with Crippen molar-refractivity contribution in [3.8, 4) is 0 Å². The highest BCUT2D eigenvalue weighted by Crippen LogP contribution is 2.45. The van der Waals surface area contributed by atoms with E-state index in [4.69, 9.17) is 21.9 Å². The summed E-state index contributed by atoms with van der Waals surface area (Å²) < 4.78 is 6.39. The van der Waals surface area contributed by atoms with Gasteiger partial charge < -0.3 is 21.9 Å². The van der Waals surface area contributed by atoms with Gasteiger partial charge in [0.1, 0.15) is 5.60 Å². The molecule has 0 aromatic heterocycles. The molecule has 0 fully saturated rings. The molecular formula is C21H23N3O. The minimum Gasteiger partial charge on any atom is -0.397 e. The third-order valence-electron chi connectivity index (χ3n) is 4.42. The first-order valence-corrected chi connectivity index (χ1v) is 8.30. The van der Waals surface area contributed by atoms with Crippen LogP contribution < -0.4 is 17.2 Å². The average molecular weight is 333 g/mol. The fraction of sp³-hybridized carbons (Fsp3) is 0.143. The Morgan fingerprint density at radius 1 is 0.720 bits per heavy atom. The average Bonchev–Trinajstić information content (AvgIpc) is 2.66. The summed E-state index contributed by atoms with van der Waals surface area (Å²) in [6.45, 7) is 2.48.